The molecule has 112 valence electrons. The van der Waals surface area contributed by atoms with Crippen LogP contribution in [0.1, 0.15) is 43.4 Å². The SMILES string of the molecule is CC(C)(C)OC=O.O=C(c1nccs1)C1CCCNC1. The fourth-order valence-electron chi connectivity index (χ4n) is 1.74. The molecule has 2 rings (SSSR count). The summed E-state index contributed by atoms with van der Waals surface area (Å²) < 4.78 is 4.55. The Morgan fingerprint density at radius 1 is 1.55 bits per heavy atom. The molecule has 0 amide bonds. The van der Waals surface area contributed by atoms with Crippen LogP contribution in [0.25, 0.3) is 0 Å². The van der Waals surface area contributed by atoms with Crippen molar-refractivity contribution in [3.63, 3.8) is 0 Å². The highest BCUT2D eigenvalue weighted by Crippen LogP contribution is 2.17. The van der Waals surface area contributed by atoms with Crippen LogP contribution in [0.3, 0.4) is 0 Å². The number of Topliss-reactive ketones (excluding diaryl/α,β-unsaturated/α-hetero) is 1. The van der Waals surface area contributed by atoms with Crippen LogP contribution in [-0.2, 0) is 9.53 Å². The number of rotatable bonds is 3. The predicted molar refractivity (Wildman–Crippen MR) is 78.9 cm³/mol. The Morgan fingerprint density at radius 3 is 2.70 bits per heavy atom. The van der Waals surface area contributed by atoms with Crippen molar-refractivity contribution in [2.24, 2.45) is 5.92 Å². The molecule has 0 aliphatic carbocycles. The third-order valence-corrected chi connectivity index (χ3v) is 3.50. The van der Waals surface area contributed by atoms with Gasteiger partial charge in [-0.3, -0.25) is 9.59 Å². The van der Waals surface area contributed by atoms with Crippen LogP contribution < -0.4 is 5.32 Å². The summed E-state index contributed by atoms with van der Waals surface area (Å²) >= 11 is 1.44. The second kappa shape index (κ2) is 8.11. The fraction of sp³-hybridized carbons (Fsp3) is 0.643. The van der Waals surface area contributed by atoms with Gasteiger partial charge in [-0.1, -0.05) is 0 Å². The molecule has 5 nitrogen and oxygen atoms in total. The summed E-state index contributed by atoms with van der Waals surface area (Å²) in [5.74, 6) is 0.363. The third-order valence-electron chi connectivity index (χ3n) is 2.71. The standard InChI is InChI=1S/C9H12N2OS.C5H10O2/c12-8(9-11-4-5-13-9)7-2-1-3-10-6-7;1-5(2,3)7-4-6/h4-5,7,10H,1-3,6H2;4H,1-3H3. The molecule has 2 heterocycles. The van der Waals surface area contributed by atoms with Gasteiger partial charge >= 0.3 is 0 Å². The molecule has 0 aromatic carbocycles. The van der Waals surface area contributed by atoms with Crippen molar-refractivity contribution in [3.8, 4) is 0 Å². The molecular formula is C14H22N2O3S. The van der Waals surface area contributed by atoms with Gasteiger partial charge in [-0.25, -0.2) is 4.98 Å². The quantitative estimate of drug-likeness (QED) is 0.685. The van der Waals surface area contributed by atoms with E-state index in [1.54, 1.807) is 6.20 Å². The average Bonchev–Trinajstić information content (AvgIpc) is 2.92. The first-order valence-electron chi connectivity index (χ1n) is 6.70. The van der Waals surface area contributed by atoms with Gasteiger partial charge in [-0.05, 0) is 40.2 Å². The third kappa shape index (κ3) is 6.25. The lowest BCUT2D eigenvalue weighted by atomic mass is 9.95. The summed E-state index contributed by atoms with van der Waals surface area (Å²) in [6, 6.07) is 0. The molecule has 1 saturated heterocycles. The Kier molecular flexibility index (Phi) is 6.81. The first kappa shape index (κ1) is 16.8. The lowest BCUT2D eigenvalue weighted by Gasteiger charge is -2.20. The molecule has 1 aliphatic heterocycles. The molecule has 0 radical (unpaired) electrons. The second-order valence-corrected chi connectivity index (χ2v) is 6.47. The van der Waals surface area contributed by atoms with Crippen molar-refractivity contribution < 1.29 is 14.3 Å². The van der Waals surface area contributed by atoms with Crippen molar-refractivity contribution in [2.75, 3.05) is 13.1 Å². The van der Waals surface area contributed by atoms with E-state index in [9.17, 15) is 9.59 Å². The molecule has 1 fully saturated rings. The van der Waals surface area contributed by atoms with Gasteiger partial charge in [0.25, 0.3) is 6.47 Å². The Hall–Kier alpha value is -1.27. The van der Waals surface area contributed by atoms with Crippen molar-refractivity contribution in [2.45, 2.75) is 39.2 Å². The Balaban J connectivity index is 0.000000246. The van der Waals surface area contributed by atoms with Crippen LogP contribution in [0.15, 0.2) is 11.6 Å². The Morgan fingerprint density at radius 2 is 2.30 bits per heavy atom. The largest absolute Gasteiger partial charge is 0.462 e. The molecule has 1 aromatic heterocycles. The summed E-state index contributed by atoms with van der Waals surface area (Å²) in [6.07, 6.45) is 3.79. The van der Waals surface area contributed by atoms with E-state index in [0.717, 1.165) is 25.9 Å². The van der Waals surface area contributed by atoms with Crippen LogP contribution in [0.5, 0.6) is 0 Å². The number of nitrogens with zero attached hydrogens (tertiary/aromatic N) is 1. The highest BCUT2D eigenvalue weighted by Gasteiger charge is 2.23. The maximum absolute atomic E-state index is 11.8. The summed E-state index contributed by atoms with van der Waals surface area (Å²) in [7, 11) is 0. The number of hydrogen-bond donors (Lipinski definition) is 1. The van der Waals surface area contributed by atoms with E-state index < -0.39 is 0 Å². The predicted octanol–water partition coefficient (Wildman–Crippen LogP) is 2.28. The summed E-state index contributed by atoms with van der Waals surface area (Å²) in [5.41, 5.74) is -0.318. The van der Waals surface area contributed by atoms with Gasteiger partial charge < -0.3 is 10.1 Å². The maximum Gasteiger partial charge on any atom is 0.293 e. The molecule has 0 spiro atoms. The van der Waals surface area contributed by atoms with Gasteiger partial charge in [0.05, 0.1) is 0 Å². The first-order chi connectivity index (χ1) is 9.44. The van der Waals surface area contributed by atoms with E-state index in [1.165, 1.54) is 11.3 Å². The average molecular weight is 298 g/mol. The second-order valence-electron chi connectivity index (χ2n) is 5.57. The minimum Gasteiger partial charge on any atom is -0.462 e. The van der Waals surface area contributed by atoms with Crippen molar-refractivity contribution in [3.05, 3.63) is 16.6 Å². The molecule has 20 heavy (non-hydrogen) atoms. The number of carbonyl (C=O) groups is 2. The van der Waals surface area contributed by atoms with Crippen molar-refractivity contribution >= 4 is 23.6 Å². The lowest BCUT2D eigenvalue weighted by molar-refractivity contribution is -0.138. The zero-order valence-electron chi connectivity index (χ0n) is 12.2. The van der Waals surface area contributed by atoms with E-state index in [2.05, 4.69) is 15.0 Å². The normalized spacial score (nSPS) is 18.6. The molecule has 1 atom stereocenters. The number of nitrogens with one attached hydrogen (secondary N) is 1. The van der Waals surface area contributed by atoms with E-state index in [0.29, 0.717) is 11.5 Å². The Bertz CT molecular complexity index is 407. The van der Waals surface area contributed by atoms with E-state index in [-0.39, 0.29) is 17.3 Å². The fourth-order valence-corrected chi connectivity index (χ4v) is 2.39. The summed E-state index contributed by atoms with van der Waals surface area (Å²) in [5, 5.41) is 5.75. The minimum absolute atomic E-state index is 0.153. The number of hydrogen-bond acceptors (Lipinski definition) is 6. The molecule has 1 aromatic rings. The monoisotopic (exact) mass is 298 g/mol. The molecule has 1 aliphatic rings. The molecule has 0 bridgehead atoms. The van der Waals surface area contributed by atoms with Gasteiger partial charge in [-0.15, -0.1) is 11.3 Å². The number of piperidine rings is 1. The van der Waals surface area contributed by atoms with E-state index in [1.807, 2.05) is 26.2 Å². The van der Waals surface area contributed by atoms with Crippen LogP contribution in [0, 0.1) is 5.92 Å². The molecule has 6 heteroatoms. The van der Waals surface area contributed by atoms with Gasteiger partial charge in [0.1, 0.15) is 5.60 Å². The summed E-state index contributed by atoms with van der Waals surface area (Å²) in [4.78, 5) is 25.4. The van der Waals surface area contributed by atoms with Gasteiger partial charge in [-0.2, -0.15) is 0 Å². The number of ketones is 1. The zero-order chi connectivity index (χ0) is 15.0. The molecule has 1 unspecified atom stereocenters. The van der Waals surface area contributed by atoms with Crippen LogP contribution in [-0.4, -0.2) is 35.9 Å². The summed E-state index contributed by atoms with van der Waals surface area (Å²) in [6.45, 7) is 7.78. The number of thiazole rings is 1. The molecule has 1 N–H and O–H groups in total. The lowest BCUT2D eigenvalue weighted by Crippen LogP contribution is -2.34. The van der Waals surface area contributed by atoms with Crippen molar-refractivity contribution in [1.82, 2.24) is 10.3 Å². The minimum atomic E-state index is -0.318. The van der Waals surface area contributed by atoms with Gasteiger partial charge in [0, 0.05) is 24.0 Å². The number of aromatic nitrogens is 1. The highest BCUT2D eigenvalue weighted by atomic mass is 32.1. The topological polar surface area (TPSA) is 68.3 Å². The van der Waals surface area contributed by atoms with Crippen LogP contribution >= 0.6 is 11.3 Å². The van der Waals surface area contributed by atoms with Crippen molar-refractivity contribution in [1.29, 1.82) is 0 Å². The maximum atomic E-state index is 11.8. The van der Waals surface area contributed by atoms with E-state index in [4.69, 9.17) is 0 Å². The van der Waals surface area contributed by atoms with E-state index >= 15 is 0 Å². The van der Waals surface area contributed by atoms with Crippen LogP contribution in [0.4, 0.5) is 0 Å². The molecule has 0 saturated carbocycles. The smallest absolute Gasteiger partial charge is 0.293 e. The number of ether oxygens (including phenoxy) is 1. The zero-order valence-corrected chi connectivity index (χ0v) is 13.0. The van der Waals surface area contributed by atoms with Gasteiger partial charge in [0.2, 0.25) is 0 Å². The first-order valence-corrected chi connectivity index (χ1v) is 7.58. The highest BCUT2D eigenvalue weighted by molar-refractivity contribution is 7.11. The molecular weight excluding hydrogens is 276 g/mol. The number of carbonyl (C=O) groups excluding carboxylic acids is 2. The van der Waals surface area contributed by atoms with Crippen LogP contribution in [0.2, 0.25) is 0 Å². The van der Waals surface area contributed by atoms with Gasteiger partial charge in [0.15, 0.2) is 10.8 Å². The Labute approximate surface area is 123 Å².